The Morgan fingerprint density at radius 1 is 1.38 bits per heavy atom. The number of amides is 2. The highest BCUT2D eigenvalue weighted by molar-refractivity contribution is 5.93. The molecule has 0 aromatic rings. The van der Waals surface area contributed by atoms with Gasteiger partial charge in [0.1, 0.15) is 6.61 Å². The van der Waals surface area contributed by atoms with Crippen molar-refractivity contribution in [1.82, 2.24) is 4.90 Å². The van der Waals surface area contributed by atoms with Gasteiger partial charge in [-0.05, 0) is 12.3 Å². The number of ether oxygens (including phenoxy) is 3. The van der Waals surface area contributed by atoms with Crippen LogP contribution < -0.4 is 0 Å². The highest BCUT2D eigenvalue weighted by atomic mass is 16.7. The van der Waals surface area contributed by atoms with E-state index < -0.39 is 29.3 Å². The minimum absolute atomic E-state index is 0.0917. The van der Waals surface area contributed by atoms with Crippen molar-refractivity contribution < 1.29 is 28.9 Å². The molecule has 2 aliphatic rings. The summed E-state index contributed by atoms with van der Waals surface area (Å²) in [5.74, 6) is -1.26. The van der Waals surface area contributed by atoms with E-state index in [0.29, 0.717) is 19.6 Å². The average molecular weight is 343 g/mol. The van der Waals surface area contributed by atoms with Gasteiger partial charge in [0.05, 0.1) is 31.8 Å². The second-order valence-electron chi connectivity index (χ2n) is 7.40. The number of hydrogen-bond donors (Lipinski definition) is 1. The van der Waals surface area contributed by atoms with E-state index in [1.165, 1.54) is 0 Å². The third-order valence-electron chi connectivity index (χ3n) is 5.35. The lowest BCUT2D eigenvalue weighted by atomic mass is 9.75. The molecule has 0 bridgehead atoms. The predicted molar refractivity (Wildman–Crippen MR) is 86.2 cm³/mol. The SMILES string of the molecule is CCC1(C(C)(C)[C@H](O)CC(=O)N2C(=O)OC[C@@H]2C(C)C)OCCO1. The Bertz CT molecular complexity index is 483. The molecule has 2 aliphatic heterocycles. The molecule has 2 heterocycles. The molecule has 2 fully saturated rings. The Hall–Kier alpha value is -1.18. The smallest absolute Gasteiger partial charge is 0.416 e. The first-order chi connectivity index (χ1) is 11.2. The van der Waals surface area contributed by atoms with E-state index >= 15 is 0 Å². The molecular weight excluding hydrogens is 314 g/mol. The zero-order valence-electron chi connectivity index (χ0n) is 15.2. The molecule has 2 rings (SSSR count). The predicted octanol–water partition coefficient (Wildman–Crippen LogP) is 1.92. The van der Waals surface area contributed by atoms with Gasteiger partial charge in [0.25, 0.3) is 0 Å². The maximum Gasteiger partial charge on any atom is 0.416 e. The molecule has 0 unspecified atom stereocenters. The summed E-state index contributed by atoms with van der Waals surface area (Å²) in [6.45, 7) is 10.6. The third-order valence-corrected chi connectivity index (χ3v) is 5.35. The molecular formula is C17H29NO6. The Morgan fingerprint density at radius 3 is 2.46 bits per heavy atom. The highest BCUT2D eigenvalue weighted by Gasteiger charge is 2.53. The molecule has 138 valence electrons. The summed E-state index contributed by atoms with van der Waals surface area (Å²) in [4.78, 5) is 25.6. The maximum atomic E-state index is 12.6. The number of nitrogens with zero attached hydrogens (tertiary/aromatic N) is 1. The quantitative estimate of drug-likeness (QED) is 0.793. The molecule has 0 aliphatic carbocycles. The Morgan fingerprint density at radius 2 is 1.96 bits per heavy atom. The largest absolute Gasteiger partial charge is 0.447 e. The summed E-state index contributed by atoms with van der Waals surface area (Å²) in [7, 11) is 0. The summed E-state index contributed by atoms with van der Waals surface area (Å²) >= 11 is 0. The second-order valence-corrected chi connectivity index (χ2v) is 7.40. The fraction of sp³-hybridized carbons (Fsp3) is 0.882. The van der Waals surface area contributed by atoms with Crippen LogP contribution in [-0.4, -0.2) is 59.8 Å². The van der Waals surface area contributed by atoms with Crippen molar-refractivity contribution in [2.75, 3.05) is 19.8 Å². The summed E-state index contributed by atoms with van der Waals surface area (Å²) in [5, 5.41) is 10.7. The first kappa shape index (κ1) is 19.1. The summed E-state index contributed by atoms with van der Waals surface area (Å²) < 4.78 is 16.5. The van der Waals surface area contributed by atoms with Gasteiger partial charge in [-0.25, -0.2) is 9.69 Å². The van der Waals surface area contributed by atoms with Crippen molar-refractivity contribution in [3.63, 3.8) is 0 Å². The summed E-state index contributed by atoms with van der Waals surface area (Å²) in [5.41, 5.74) is -0.801. The molecule has 2 atom stereocenters. The Labute approximate surface area is 143 Å². The Balaban J connectivity index is 2.11. The van der Waals surface area contributed by atoms with Crippen molar-refractivity contribution in [3.05, 3.63) is 0 Å². The van der Waals surface area contributed by atoms with E-state index in [-0.39, 0.29) is 25.0 Å². The van der Waals surface area contributed by atoms with E-state index in [0.717, 1.165) is 4.90 Å². The number of carbonyl (C=O) groups is 2. The number of carbonyl (C=O) groups excluding carboxylic acids is 2. The van der Waals surface area contributed by atoms with Crippen LogP contribution in [0.5, 0.6) is 0 Å². The molecule has 2 amide bonds. The molecule has 7 heteroatoms. The highest BCUT2D eigenvalue weighted by Crippen LogP contribution is 2.44. The van der Waals surface area contributed by atoms with Gasteiger partial charge < -0.3 is 19.3 Å². The van der Waals surface area contributed by atoms with Crippen LogP contribution in [0.4, 0.5) is 4.79 Å². The van der Waals surface area contributed by atoms with Crippen molar-refractivity contribution >= 4 is 12.0 Å². The molecule has 0 aromatic carbocycles. The van der Waals surface area contributed by atoms with Crippen molar-refractivity contribution in [2.24, 2.45) is 11.3 Å². The van der Waals surface area contributed by atoms with Gasteiger partial charge in [0.15, 0.2) is 5.79 Å². The zero-order chi connectivity index (χ0) is 18.1. The van der Waals surface area contributed by atoms with Gasteiger partial charge in [0.2, 0.25) is 5.91 Å². The van der Waals surface area contributed by atoms with Crippen LogP contribution in [0.25, 0.3) is 0 Å². The van der Waals surface area contributed by atoms with Gasteiger partial charge in [-0.3, -0.25) is 4.79 Å². The van der Waals surface area contributed by atoms with E-state index in [9.17, 15) is 14.7 Å². The topological polar surface area (TPSA) is 85.3 Å². The van der Waals surface area contributed by atoms with Gasteiger partial charge in [-0.15, -0.1) is 0 Å². The average Bonchev–Trinajstić information content (AvgIpc) is 3.14. The standard InChI is InChI=1S/C17H29NO6/c1-6-17(23-7-8-24-17)16(4,5)13(19)9-14(20)18-12(11(2)3)10-22-15(18)21/h11-13,19H,6-10H2,1-5H3/t12-,13-/m1/s1. The summed E-state index contributed by atoms with van der Waals surface area (Å²) in [6.07, 6.45) is -1.27. The van der Waals surface area contributed by atoms with Gasteiger partial charge in [0, 0.05) is 5.41 Å². The number of aliphatic hydroxyl groups excluding tert-OH is 1. The van der Waals surface area contributed by atoms with Crippen molar-refractivity contribution in [3.8, 4) is 0 Å². The zero-order valence-corrected chi connectivity index (χ0v) is 15.2. The number of cyclic esters (lactones) is 1. The van der Waals surface area contributed by atoms with E-state index in [2.05, 4.69) is 0 Å². The molecule has 2 saturated heterocycles. The molecule has 0 saturated carbocycles. The molecule has 7 nitrogen and oxygen atoms in total. The van der Waals surface area contributed by atoms with Crippen LogP contribution in [0, 0.1) is 11.3 Å². The lowest BCUT2D eigenvalue weighted by Crippen LogP contribution is -2.54. The number of aliphatic hydroxyl groups is 1. The van der Waals surface area contributed by atoms with Gasteiger partial charge in [-0.1, -0.05) is 34.6 Å². The van der Waals surface area contributed by atoms with Crippen LogP contribution >= 0.6 is 0 Å². The molecule has 0 aromatic heterocycles. The van der Waals surface area contributed by atoms with E-state index in [1.54, 1.807) is 0 Å². The monoisotopic (exact) mass is 343 g/mol. The van der Waals surface area contributed by atoms with Crippen molar-refractivity contribution in [1.29, 1.82) is 0 Å². The van der Waals surface area contributed by atoms with Gasteiger partial charge >= 0.3 is 6.09 Å². The third kappa shape index (κ3) is 3.17. The molecule has 0 radical (unpaired) electrons. The summed E-state index contributed by atoms with van der Waals surface area (Å²) in [6, 6.07) is -0.292. The van der Waals surface area contributed by atoms with Crippen LogP contribution in [0.1, 0.15) is 47.5 Å². The fourth-order valence-electron chi connectivity index (χ4n) is 3.47. The first-order valence-electron chi connectivity index (χ1n) is 8.61. The minimum Gasteiger partial charge on any atom is -0.447 e. The van der Waals surface area contributed by atoms with Crippen molar-refractivity contribution in [2.45, 2.75) is 65.4 Å². The van der Waals surface area contributed by atoms with Crippen LogP contribution in [0.2, 0.25) is 0 Å². The maximum absolute atomic E-state index is 12.6. The molecule has 0 spiro atoms. The van der Waals surface area contributed by atoms with Gasteiger partial charge in [-0.2, -0.15) is 0 Å². The Kier molecular flexibility index (Phi) is 5.57. The second kappa shape index (κ2) is 6.98. The minimum atomic E-state index is -1.01. The number of hydrogen-bond acceptors (Lipinski definition) is 6. The van der Waals surface area contributed by atoms with E-state index in [4.69, 9.17) is 14.2 Å². The van der Waals surface area contributed by atoms with Crippen LogP contribution in [0.15, 0.2) is 0 Å². The van der Waals surface area contributed by atoms with Crippen LogP contribution in [0.3, 0.4) is 0 Å². The van der Waals surface area contributed by atoms with E-state index in [1.807, 2.05) is 34.6 Å². The van der Waals surface area contributed by atoms with Crippen LogP contribution in [-0.2, 0) is 19.0 Å². The normalized spacial score (nSPS) is 25.2. The first-order valence-corrected chi connectivity index (χ1v) is 8.61. The lowest BCUT2D eigenvalue weighted by molar-refractivity contribution is -0.255. The lowest BCUT2D eigenvalue weighted by Gasteiger charge is -2.44. The number of rotatable bonds is 6. The molecule has 1 N–H and O–H groups in total. The molecule has 24 heavy (non-hydrogen) atoms. The number of imide groups is 1. The fourth-order valence-corrected chi connectivity index (χ4v) is 3.47.